The van der Waals surface area contributed by atoms with Crippen molar-refractivity contribution in [3.05, 3.63) is 42.7 Å². The lowest BCUT2D eigenvalue weighted by Crippen LogP contribution is -2.28. The molecule has 49 heavy (non-hydrogen) atoms. The van der Waals surface area contributed by atoms with E-state index in [9.17, 15) is 0 Å². The molecule has 3 heteroatoms. The van der Waals surface area contributed by atoms with Gasteiger partial charge in [-0.15, -0.1) is 5.73 Å². The fraction of sp³-hybridized carbons (Fsp3) is 0.848. The van der Waals surface area contributed by atoms with E-state index in [-0.39, 0.29) is 0 Å². The van der Waals surface area contributed by atoms with Gasteiger partial charge in [0.25, 0.3) is 0 Å². The Hall–Kier alpha value is 0.0500. The van der Waals surface area contributed by atoms with Crippen LogP contribution in [0.4, 0.5) is 0 Å². The number of allylic oxidation sites excluding steroid dienone is 4. The summed E-state index contributed by atoms with van der Waals surface area (Å²) in [4.78, 5) is 0. The molecule has 1 aliphatic carbocycles. The number of hydrogen-bond donors (Lipinski definition) is 1. The number of unbranched alkanes of at least 4 members (excludes halogenated alkanes) is 6. The molecule has 0 aromatic carbocycles. The van der Waals surface area contributed by atoms with Crippen LogP contribution >= 0.6 is 36.2 Å². The second-order valence-electron chi connectivity index (χ2n) is 15.9. The molecule has 0 heterocycles. The molecule has 1 saturated carbocycles. The molecule has 1 rings (SSSR count). The number of rotatable bonds is 28. The van der Waals surface area contributed by atoms with Crippen molar-refractivity contribution < 1.29 is 0 Å². The van der Waals surface area contributed by atoms with Crippen LogP contribution in [-0.4, -0.2) is 27.3 Å². The van der Waals surface area contributed by atoms with Crippen molar-refractivity contribution in [2.24, 2.45) is 35.5 Å². The minimum absolute atomic E-state index is 0.550. The van der Waals surface area contributed by atoms with Crippen molar-refractivity contribution in [2.45, 2.75) is 200 Å². The van der Waals surface area contributed by atoms with E-state index in [1.165, 1.54) is 133 Å². The van der Waals surface area contributed by atoms with Gasteiger partial charge in [0.15, 0.2) is 0 Å². The monoisotopic (exact) mass is 735 g/mol. The fourth-order valence-corrected chi connectivity index (χ4v) is 10.1. The van der Waals surface area contributed by atoms with Crippen molar-refractivity contribution >= 4 is 36.2 Å². The molecule has 0 aromatic heterocycles. The van der Waals surface area contributed by atoms with Crippen LogP contribution in [0.25, 0.3) is 0 Å². The third-order valence-corrected chi connectivity index (χ3v) is 15.0. The zero-order chi connectivity index (χ0) is 36.9. The van der Waals surface area contributed by atoms with Crippen molar-refractivity contribution in [1.82, 2.24) is 0 Å². The van der Waals surface area contributed by atoms with Gasteiger partial charge in [-0.1, -0.05) is 138 Å². The summed E-state index contributed by atoms with van der Waals surface area (Å²) in [6.45, 7) is 29.1. The summed E-state index contributed by atoms with van der Waals surface area (Å²) in [5, 5.41) is 2.20. The molecule has 7 unspecified atom stereocenters. The van der Waals surface area contributed by atoms with Crippen molar-refractivity contribution in [3.8, 4) is 0 Å². The number of thioether (sulfide) groups is 2. The van der Waals surface area contributed by atoms with Crippen LogP contribution < -0.4 is 0 Å². The van der Waals surface area contributed by atoms with E-state index in [0.29, 0.717) is 11.2 Å². The molecule has 0 aromatic rings. The molecular weight excluding hydrogens is 649 g/mol. The summed E-state index contributed by atoms with van der Waals surface area (Å²) in [6, 6.07) is 0. The largest absolute Gasteiger partial charge is 0.176 e. The first-order chi connectivity index (χ1) is 23.6. The van der Waals surface area contributed by atoms with Gasteiger partial charge >= 0.3 is 0 Å². The van der Waals surface area contributed by atoms with Crippen LogP contribution in [0.2, 0.25) is 0 Å². The maximum Gasteiger partial charge on any atom is 0.00810 e. The maximum atomic E-state index is 4.76. The molecule has 0 saturated heterocycles. The molecular formula is C46H86S3. The first-order valence-corrected chi connectivity index (χ1v) is 23.8. The lowest BCUT2D eigenvalue weighted by Gasteiger charge is -2.37. The average molecular weight is 735 g/mol. The minimum atomic E-state index is 0.550. The van der Waals surface area contributed by atoms with Crippen LogP contribution in [0.1, 0.15) is 184 Å². The fourth-order valence-electron chi connectivity index (χ4n) is 7.18. The van der Waals surface area contributed by atoms with Gasteiger partial charge in [0.05, 0.1) is 0 Å². The van der Waals surface area contributed by atoms with Gasteiger partial charge in [-0.3, -0.25) is 0 Å². The van der Waals surface area contributed by atoms with Gasteiger partial charge in [0.1, 0.15) is 0 Å². The van der Waals surface area contributed by atoms with Gasteiger partial charge in [-0.2, -0.15) is 36.2 Å². The van der Waals surface area contributed by atoms with E-state index in [0.717, 1.165) is 46.5 Å². The van der Waals surface area contributed by atoms with Crippen molar-refractivity contribution in [2.75, 3.05) is 11.5 Å². The SMILES string of the molecule is C=C(/C=C\CCCCCCCC)C1CCC(CCC(C)C(C)C)C(SCC)C1.C=C=CCCC(SCCC)C(CCC)CCC(S)C(C)C. The number of hydrogen-bond acceptors (Lipinski definition) is 3. The predicted octanol–water partition coefficient (Wildman–Crippen LogP) is 16.2. The molecule has 0 amide bonds. The van der Waals surface area contributed by atoms with Gasteiger partial charge < -0.3 is 0 Å². The van der Waals surface area contributed by atoms with E-state index in [2.05, 4.69) is 123 Å². The van der Waals surface area contributed by atoms with Crippen LogP contribution in [0, 0.1) is 35.5 Å². The van der Waals surface area contributed by atoms with Gasteiger partial charge in [0, 0.05) is 15.7 Å². The highest BCUT2D eigenvalue weighted by Gasteiger charge is 2.31. The molecule has 0 N–H and O–H groups in total. The molecule has 7 atom stereocenters. The lowest BCUT2D eigenvalue weighted by molar-refractivity contribution is 0.268. The van der Waals surface area contributed by atoms with Gasteiger partial charge in [0.2, 0.25) is 0 Å². The Bertz CT molecular complexity index is 837. The first-order valence-electron chi connectivity index (χ1n) is 21.2. The number of thiol groups is 1. The Morgan fingerprint density at radius 1 is 0.816 bits per heavy atom. The molecule has 0 aliphatic heterocycles. The summed E-state index contributed by atoms with van der Waals surface area (Å²) in [5.41, 5.74) is 4.32. The van der Waals surface area contributed by atoms with Crippen LogP contribution in [0.3, 0.4) is 0 Å². The van der Waals surface area contributed by atoms with Crippen molar-refractivity contribution in [1.29, 1.82) is 0 Å². The maximum absolute atomic E-state index is 4.76. The highest BCUT2D eigenvalue weighted by atomic mass is 32.2. The molecule has 288 valence electrons. The predicted molar refractivity (Wildman–Crippen MR) is 237 cm³/mol. The first kappa shape index (κ1) is 49.0. The third kappa shape index (κ3) is 24.8. The topological polar surface area (TPSA) is 0 Å². The Balaban J connectivity index is 0.000000983. The summed E-state index contributed by atoms with van der Waals surface area (Å²) in [7, 11) is 0. The second-order valence-corrected chi connectivity index (χ2v) is 19.5. The smallest absolute Gasteiger partial charge is 0.00810 e. The zero-order valence-corrected chi connectivity index (χ0v) is 37.0. The molecule has 0 radical (unpaired) electrons. The second kappa shape index (κ2) is 32.7. The summed E-state index contributed by atoms with van der Waals surface area (Å²) < 4.78 is 0. The van der Waals surface area contributed by atoms with Crippen LogP contribution in [0.5, 0.6) is 0 Å². The van der Waals surface area contributed by atoms with E-state index in [1.807, 2.05) is 0 Å². The Labute approximate surface area is 324 Å². The average Bonchev–Trinajstić information content (AvgIpc) is 3.08. The van der Waals surface area contributed by atoms with Crippen LogP contribution in [-0.2, 0) is 0 Å². The molecule has 0 nitrogen and oxygen atoms in total. The van der Waals surface area contributed by atoms with Crippen LogP contribution in [0.15, 0.2) is 42.7 Å². The Morgan fingerprint density at radius 2 is 1.53 bits per heavy atom. The third-order valence-electron chi connectivity index (χ3n) is 11.1. The quantitative estimate of drug-likeness (QED) is 0.0368. The summed E-state index contributed by atoms with van der Waals surface area (Å²) in [6.07, 6.45) is 32.3. The molecule has 0 spiro atoms. The zero-order valence-electron chi connectivity index (χ0n) is 34.5. The minimum Gasteiger partial charge on any atom is -0.176 e. The highest BCUT2D eigenvalue weighted by Crippen LogP contribution is 2.42. The van der Waals surface area contributed by atoms with E-state index in [1.54, 1.807) is 0 Å². The van der Waals surface area contributed by atoms with Crippen molar-refractivity contribution in [3.63, 3.8) is 0 Å². The standard InChI is InChI=1S/C27H50S.C19H36S2/c1-7-9-10-11-12-13-14-15-16-24(6)26-20-19-25(27(21-26)28-8-2)18-17-23(5)22(3)4;1-6-9-10-12-19(21-15-8-3)17(11-7-2)13-14-18(20)16(4)5/h15-16,22-23,25-27H,6-14,17-21H2,1-5H3;9,16-20H,1,7-8,10-15H2,2-5H3/b16-15-;. The van der Waals surface area contributed by atoms with E-state index < -0.39 is 0 Å². The van der Waals surface area contributed by atoms with Gasteiger partial charge in [-0.25, -0.2) is 0 Å². The molecule has 0 bridgehead atoms. The van der Waals surface area contributed by atoms with Gasteiger partial charge in [-0.05, 0) is 130 Å². The van der Waals surface area contributed by atoms with E-state index in [4.69, 9.17) is 12.6 Å². The Kier molecular flexibility index (Phi) is 32.7. The summed E-state index contributed by atoms with van der Waals surface area (Å²) in [5.74, 6) is 7.42. The summed E-state index contributed by atoms with van der Waals surface area (Å²) >= 11 is 9.17. The lowest BCUT2D eigenvalue weighted by atomic mass is 9.75. The normalized spacial score (nSPS) is 20.4. The van der Waals surface area contributed by atoms with E-state index >= 15 is 0 Å². The highest BCUT2D eigenvalue weighted by molar-refractivity contribution is 8.00. The molecule has 1 aliphatic rings. The Morgan fingerprint density at radius 3 is 2.14 bits per heavy atom. The molecule has 1 fully saturated rings.